The highest BCUT2D eigenvalue weighted by molar-refractivity contribution is 8.76. The first kappa shape index (κ1) is 29.6. The number of hydrogen-bond acceptors (Lipinski definition) is 6. The summed E-state index contributed by atoms with van der Waals surface area (Å²) in [6, 6.07) is -1.17. The number of aliphatic carboxylic acids is 2. The van der Waals surface area contributed by atoms with Gasteiger partial charge < -0.3 is 20.8 Å². The van der Waals surface area contributed by atoms with Crippen molar-refractivity contribution < 1.29 is 19.8 Å². The average Bonchev–Trinajstić information content (AvgIpc) is 2.71. The molecule has 2 atom stereocenters. The second kappa shape index (κ2) is 21.8. The van der Waals surface area contributed by atoms with Crippen molar-refractivity contribution in [2.75, 3.05) is 24.6 Å². The maximum Gasteiger partial charge on any atom is 0.321 e. The largest absolute Gasteiger partial charge is 0.480 e. The Kier molecular flexibility index (Phi) is 21.5. The molecule has 0 aromatic heterocycles. The van der Waals surface area contributed by atoms with Gasteiger partial charge in [-0.3, -0.25) is 9.59 Å². The van der Waals surface area contributed by atoms with Crippen molar-refractivity contribution in [2.45, 2.75) is 103 Å². The van der Waals surface area contributed by atoms with Gasteiger partial charge in [0.1, 0.15) is 12.1 Å². The van der Waals surface area contributed by atoms with Gasteiger partial charge in [0.15, 0.2) is 0 Å². The summed E-state index contributed by atoms with van der Waals surface area (Å²) < 4.78 is 0. The molecule has 8 heteroatoms. The van der Waals surface area contributed by atoms with Crippen LogP contribution >= 0.6 is 21.6 Å². The first-order chi connectivity index (χ1) is 14.5. The third kappa shape index (κ3) is 18.3. The molecule has 178 valence electrons. The highest BCUT2D eigenvalue weighted by atomic mass is 33.1. The van der Waals surface area contributed by atoms with E-state index in [0.717, 1.165) is 25.7 Å². The minimum absolute atomic E-state index is 0.430. The lowest BCUT2D eigenvalue weighted by Gasteiger charge is -2.16. The first-order valence-electron chi connectivity index (χ1n) is 11.7. The van der Waals surface area contributed by atoms with Crippen molar-refractivity contribution in [1.82, 2.24) is 10.6 Å². The Labute approximate surface area is 191 Å². The van der Waals surface area contributed by atoms with Crippen molar-refractivity contribution in [2.24, 2.45) is 0 Å². The Hall–Kier alpha value is -0.440. The number of carboxylic acid groups (broad SMARTS) is 2. The standard InChI is InChI=1S/C22H44N2O4S2/c1-3-5-7-9-11-13-15-23-19(21(25)26)17-29-30-18-20(22(27)28)24-16-14-12-10-8-6-4-2/h19-20,23-24H,3-18H2,1-2H3,(H,25,26)(H,27,28)/t19-,20?/m0/s1. The zero-order chi connectivity index (χ0) is 22.5. The summed E-state index contributed by atoms with van der Waals surface area (Å²) in [7, 11) is 2.87. The van der Waals surface area contributed by atoms with E-state index in [1.165, 1.54) is 73.0 Å². The Balaban J connectivity index is 3.90. The van der Waals surface area contributed by atoms with Crippen LogP contribution in [0.3, 0.4) is 0 Å². The number of carbonyl (C=O) groups is 2. The second-order valence-electron chi connectivity index (χ2n) is 7.79. The molecule has 0 aliphatic heterocycles. The maximum atomic E-state index is 11.4. The van der Waals surface area contributed by atoms with E-state index < -0.39 is 24.0 Å². The van der Waals surface area contributed by atoms with Gasteiger partial charge in [-0.2, -0.15) is 0 Å². The summed E-state index contributed by atoms with van der Waals surface area (Å²) in [5.41, 5.74) is 0. The lowest BCUT2D eigenvalue weighted by molar-refractivity contribution is -0.139. The molecule has 30 heavy (non-hydrogen) atoms. The predicted octanol–water partition coefficient (Wildman–Crippen LogP) is 5.17. The highest BCUT2D eigenvalue weighted by Gasteiger charge is 2.19. The third-order valence-corrected chi connectivity index (χ3v) is 7.41. The molecule has 0 aliphatic rings. The summed E-state index contributed by atoms with van der Waals surface area (Å²) in [6.07, 6.45) is 14.2. The summed E-state index contributed by atoms with van der Waals surface area (Å²) >= 11 is 0. The first-order valence-corrected chi connectivity index (χ1v) is 14.2. The van der Waals surface area contributed by atoms with Gasteiger partial charge in [0.2, 0.25) is 0 Å². The lowest BCUT2D eigenvalue weighted by Crippen LogP contribution is -2.40. The SMILES string of the molecule is CCCCCCCCNC(CSSC[C@H](NCCCCCCCC)C(=O)O)C(=O)O. The number of hydrogen-bond donors (Lipinski definition) is 4. The van der Waals surface area contributed by atoms with E-state index in [0.29, 0.717) is 24.6 Å². The molecule has 0 aromatic carbocycles. The van der Waals surface area contributed by atoms with Crippen LogP contribution in [-0.4, -0.2) is 58.8 Å². The molecular weight excluding hydrogens is 420 g/mol. The van der Waals surface area contributed by atoms with E-state index in [9.17, 15) is 19.8 Å². The minimum Gasteiger partial charge on any atom is -0.480 e. The fourth-order valence-electron chi connectivity index (χ4n) is 3.03. The molecule has 0 heterocycles. The van der Waals surface area contributed by atoms with Gasteiger partial charge in [0.05, 0.1) is 0 Å². The van der Waals surface area contributed by atoms with Gasteiger partial charge in [0.25, 0.3) is 0 Å². The summed E-state index contributed by atoms with van der Waals surface area (Å²) in [6.45, 7) is 5.82. The quantitative estimate of drug-likeness (QED) is 0.121. The van der Waals surface area contributed by atoms with Gasteiger partial charge in [-0.05, 0) is 25.9 Å². The number of nitrogens with one attached hydrogen (secondary N) is 2. The van der Waals surface area contributed by atoms with E-state index in [1.807, 2.05) is 0 Å². The number of unbranched alkanes of at least 4 members (excludes halogenated alkanes) is 10. The zero-order valence-electron chi connectivity index (χ0n) is 19.0. The predicted molar refractivity (Wildman–Crippen MR) is 131 cm³/mol. The van der Waals surface area contributed by atoms with Gasteiger partial charge in [-0.25, -0.2) is 0 Å². The molecule has 0 aromatic rings. The van der Waals surface area contributed by atoms with Crippen molar-refractivity contribution in [3.05, 3.63) is 0 Å². The van der Waals surface area contributed by atoms with Crippen LogP contribution in [0.5, 0.6) is 0 Å². The fourth-order valence-corrected chi connectivity index (χ4v) is 5.41. The lowest BCUT2D eigenvalue weighted by atomic mass is 10.1. The zero-order valence-corrected chi connectivity index (χ0v) is 20.6. The molecule has 0 bridgehead atoms. The normalized spacial score (nSPS) is 13.3. The van der Waals surface area contributed by atoms with Crippen LogP contribution in [-0.2, 0) is 9.59 Å². The minimum atomic E-state index is -0.843. The molecule has 0 saturated carbocycles. The number of carboxylic acids is 2. The van der Waals surface area contributed by atoms with E-state index in [4.69, 9.17) is 0 Å². The van der Waals surface area contributed by atoms with Crippen LogP contribution < -0.4 is 10.6 Å². The summed E-state index contributed by atoms with van der Waals surface area (Å²) in [5.74, 6) is -0.825. The van der Waals surface area contributed by atoms with Crippen molar-refractivity contribution in [3.63, 3.8) is 0 Å². The van der Waals surface area contributed by atoms with Gasteiger partial charge in [0, 0.05) is 11.5 Å². The molecule has 0 saturated heterocycles. The van der Waals surface area contributed by atoms with E-state index >= 15 is 0 Å². The van der Waals surface area contributed by atoms with Crippen LogP contribution in [0.15, 0.2) is 0 Å². The number of rotatable bonds is 23. The summed E-state index contributed by atoms with van der Waals surface area (Å²) in [5, 5.41) is 25.0. The Bertz CT molecular complexity index is 390. The summed E-state index contributed by atoms with van der Waals surface area (Å²) in [4.78, 5) is 22.8. The fraction of sp³-hybridized carbons (Fsp3) is 0.909. The van der Waals surface area contributed by atoms with Crippen LogP contribution in [0.1, 0.15) is 90.9 Å². The van der Waals surface area contributed by atoms with Gasteiger partial charge in [-0.15, -0.1) is 0 Å². The topological polar surface area (TPSA) is 98.7 Å². The average molecular weight is 465 g/mol. The molecule has 1 unspecified atom stereocenters. The van der Waals surface area contributed by atoms with Crippen molar-refractivity contribution in [3.8, 4) is 0 Å². The Morgan fingerprint density at radius 3 is 1.30 bits per heavy atom. The van der Waals surface area contributed by atoms with Crippen molar-refractivity contribution in [1.29, 1.82) is 0 Å². The smallest absolute Gasteiger partial charge is 0.321 e. The third-order valence-electron chi connectivity index (χ3n) is 4.99. The van der Waals surface area contributed by atoms with Crippen LogP contribution in [0, 0.1) is 0 Å². The second-order valence-corrected chi connectivity index (χ2v) is 10.3. The van der Waals surface area contributed by atoms with E-state index in [2.05, 4.69) is 24.5 Å². The molecule has 0 amide bonds. The molecular formula is C22H44N2O4S2. The molecule has 0 radical (unpaired) electrons. The monoisotopic (exact) mass is 464 g/mol. The van der Waals surface area contributed by atoms with Crippen LogP contribution in [0.2, 0.25) is 0 Å². The molecule has 0 spiro atoms. The molecule has 0 rings (SSSR count). The van der Waals surface area contributed by atoms with Gasteiger partial charge >= 0.3 is 11.9 Å². The van der Waals surface area contributed by atoms with Crippen LogP contribution in [0.4, 0.5) is 0 Å². The van der Waals surface area contributed by atoms with E-state index in [-0.39, 0.29) is 0 Å². The molecule has 0 fully saturated rings. The molecule has 4 N–H and O–H groups in total. The van der Waals surface area contributed by atoms with E-state index in [1.54, 1.807) is 0 Å². The Morgan fingerprint density at radius 1 is 0.633 bits per heavy atom. The Morgan fingerprint density at radius 2 is 0.967 bits per heavy atom. The highest BCUT2D eigenvalue weighted by Crippen LogP contribution is 2.23. The molecule has 6 nitrogen and oxygen atoms in total. The van der Waals surface area contributed by atoms with Crippen LogP contribution in [0.25, 0.3) is 0 Å². The van der Waals surface area contributed by atoms with Crippen molar-refractivity contribution >= 4 is 33.5 Å². The maximum absolute atomic E-state index is 11.4. The van der Waals surface area contributed by atoms with Gasteiger partial charge in [-0.1, -0.05) is 99.6 Å². The molecule has 0 aliphatic carbocycles.